The van der Waals surface area contributed by atoms with Gasteiger partial charge in [-0.05, 0) is 46.9 Å². The van der Waals surface area contributed by atoms with E-state index in [4.69, 9.17) is 0 Å². The molecule has 0 saturated heterocycles. The predicted octanol–water partition coefficient (Wildman–Crippen LogP) is 6.22. The molecule has 0 atom stereocenters. The van der Waals surface area contributed by atoms with Crippen molar-refractivity contribution < 1.29 is 0 Å². The van der Waals surface area contributed by atoms with Gasteiger partial charge in [-0.25, -0.2) is 0 Å². The van der Waals surface area contributed by atoms with Gasteiger partial charge < -0.3 is 5.32 Å². The van der Waals surface area contributed by atoms with Crippen molar-refractivity contribution >= 4 is 11.4 Å². The monoisotopic (exact) mass is 287 g/mol. The number of hydrogen-bond donors (Lipinski definition) is 1. The van der Waals surface area contributed by atoms with E-state index in [-0.39, 0.29) is 0 Å². The van der Waals surface area contributed by atoms with Gasteiger partial charge in [0.25, 0.3) is 0 Å². The first kappa shape index (κ1) is 14.4. The largest absolute Gasteiger partial charge is 0.356 e. The Morgan fingerprint density at radius 1 is 0.636 bits per heavy atom. The van der Waals surface area contributed by atoms with Crippen LogP contribution in [0.4, 0.5) is 11.4 Å². The molecular weight excluding hydrogens is 266 g/mol. The lowest BCUT2D eigenvalue weighted by Gasteiger charge is -2.10. The third-order valence-corrected chi connectivity index (χ3v) is 3.84. The van der Waals surface area contributed by atoms with Crippen LogP contribution in [0.2, 0.25) is 0 Å². The highest BCUT2D eigenvalue weighted by Crippen LogP contribution is 2.25. The molecule has 0 unspecified atom stereocenters. The summed E-state index contributed by atoms with van der Waals surface area (Å²) in [7, 11) is 0. The molecule has 0 fully saturated rings. The van der Waals surface area contributed by atoms with Crippen LogP contribution < -0.4 is 5.32 Å². The highest BCUT2D eigenvalue weighted by molar-refractivity contribution is 5.70. The van der Waals surface area contributed by atoms with Crippen molar-refractivity contribution in [1.29, 1.82) is 0 Å². The summed E-state index contributed by atoms with van der Waals surface area (Å²) in [5.41, 5.74) is 6.06. The fraction of sp³-hybridized carbons (Fsp3) is 0.143. The average molecular weight is 287 g/mol. The standard InChI is InChI=1S/C21H21N/c1-16(2)17-11-13-20(14-12-17)22-21-10-6-9-19(15-21)18-7-4-3-5-8-18/h3-16,22H,1-2H3. The lowest BCUT2D eigenvalue weighted by Crippen LogP contribution is -1.92. The van der Waals surface area contributed by atoms with Gasteiger partial charge in [-0.2, -0.15) is 0 Å². The molecule has 0 bridgehead atoms. The van der Waals surface area contributed by atoms with Crippen LogP contribution in [-0.4, -0.2) is 0 Å². The van der Waals surface area contributed by atoms with E-state index in [0.717, 1.165) is 11.4 Å². The van der Waals surface area contributed by atoms with Gasteiger partial charge in [-0.3, -0.25) is 0 Å². The minimum absolute atomic E-state index is 0.565. The first-order valence-electron chi connectivity index (χ1n) is 7.75. The molecular formula is C21H21N. The second kappa shape index (κ2) is 6.48. The lowest BCUT2D eigenvalue weighted by molar-refractivity contribution is 0.867. The maximum absolute atomic E-state index is 3.48. The summed E-state index contributed by atoms with van der Waals surface area (Å²) in [5.74, 6) is 0.565. The number of nitrogens with one attached hydrogen (secondary N) is 1. The third-order valence-electron chi connectivity index (χ3n) is 3.84. The zero-order valence-electron chi connectivity index (χ0n) is 13.1. The number of hydrogen-bond acceptors (Lipinski definition) is 1. The molecule has 0 aliphatic rings. The van der Waals surface area contributed by atoms with Crippen molar-refractivity contribution in [2.75, 3.05) is 5.32 Å². The second-order valence-corrected chi connectivity index (χ2v) is 5.85. The molecule has 3 aromatic rings. The van der Waals surface area contributed by atoms with Gasteiger partial charge >= 0.3 is 0 Å². The minimum Gasteiger partial charge on any atom is -0.356 e. The van der Waals surface area contributed by atoms with Crippen molar-refractivity contribution in [3.8, 4) is 11.1 Å². The summed E-state index contributed by atoms with van der Waals surface area (Å²) in [4.78, 5) is 0. The van der Waals surface area contributed by atoms with Crippen LogP contribution in [-0.2, 0) is 0 Å². The second-order valence-electron chi connectivity index (χ2n) is 5.85. The van der Waals surface area contributed by atoms with Crippen LogP contribution in [0.1, 0.15) is 25.3 Å². The fourth-order valence-electron chi connectivity index (χ4n) is 2.53. The van der Waals surface area contributed by atoms with Crippen LogP contribution in [0, 0.1) is 0 Å². The van der Waals surface area contributed by atoms with Crippen LogP contribution in [0.25, 0.3) is 11.1 Å². The summed E-state index contributed by atoms with van der Waals surface area (Å²) < 4.78 is 0. The molecule has 1 nitrogen and oxygen atoms in total. The smallest absolute Gasteiger partial charge is 0.0390 e. The maximum Gasteiger partial charge on any atom is 0.0390 e. The van der Waals surface area contributed by atoms with E-state index >= 15 is 0 Å². The van der Waals surface area contributed by atoms with Crippen LogP contribution in [0.3, 0.4) is 0 Å². The topological polar surface area (TPSA) is 12.0 Å². The summed E-state index contributed by atoms with van der Waals surface area (Å²) >= 11 is 0. The Balaban J connectivity index is 1.81. The van der Waals surface area contributed by atoms with E-state index in [9.17, 15) is 0 Å². The summed E-state index contributed by atoms with van der Waals surface area (Å²) in [6.45, 7) is 4.43. The maximum atomic E-state index is 3.48. The van der Waals surface area contributed by atoms with E-state index in [1.165, 1.54) is 16.7 Å². The SMILES string of the molecule is CC(C)c1ccc(Nc2cccc(-c3ccccc3)c2)cc1. The van der Waals surface area contributed by atoms with Gasteiger partial charge in [0.15, 0.2) is 0 Å². The molecule has 22 heavy (non-hydrogen) atoms. The molecule has 0 heterocycles. The molecule has 1 heteroatoms. The zero-order chi connectivity index (χ0) is 15.4. The normalized spacial score (nSPS) is 10.7. The average Bonchev–Trinajstić information content (AvgIpc) is 2.56. The summed E-state index contributed by atoms with van der Waals surface area (Å²) in [6.07, 6.45) is 0. The van der Waals surface area contributed by atoms with Crippen molar-refractivity contribution in [3.63, 3.8) is 0 Å². The lowest BCUT2D eigenvalue weighted by atomic mass is 10.0. The molecule has 0 aliphatic carbocycles. The van der Waals surface area contributed by atoms with Gasteiger partial charge in [0.2, 0.25) is 0 Å². The Kier molecular flexibility index (Phi) is 4.24. The van der Waals surface area contributed by atoms with Crippen molar-refractivity contribution in [2.24, 2.45) is 0 Å². The Morgan fingerprint density at radius 3 is 2.00 bits per heavy atom. The molecule has 3 rings (SSSR count). The predicted molar refractivity (Wildman–Crippen MR) is 95.7 cm³/mol. The fourth-order valence-corrected chi connectivity index (χ4v) is 2.53. The molecule has 0 radical (unpaired) electrons. The molecule has 0 saturated carbocycles. The van der Waals surface area contributed by atoms with Crippen molar-refractivity contribution in [1.82, 2.24) is 0 Å². The Hall–Kier alpha value is -2.54. The molecule has 0 aliphatic heterocycles. The van der Waals surface area contributed by atoms with Crippen LogP contribution >= 0.6 is 0 Å². The first-order valence-corrected chi connectivity index (χ1v) is 7.75. The van der Waals surface area contributed by atoms with E-state index < -0.39 is 0 Å². The summed E-state index contributed by atoms with van der Waals surface area (Å²) in [6, 6.07) is 27.6. The van der Waals surface area contributed by atoms with Crippen LogP contribution in [0.15, 0.2) is 78.9 Å². The highest BCUT2D eigenvalue weighted by Gasteiger charge is 2.01. The van der Waals surface area contributed by atoms with Gasteiger partial charge in [-0.1, -0.05) is 68.4 Å². The highest BCUT2D eigenvalue weighted by atomic mass is 14.9. The molecule has 3 aromatic carbocycles. The Labute approximate surface area is 132 Å². The number of rotatable bonds is 4. The molecule has 0 aromatic heterocycles. The van der Waals surface area contributed by atoms with Crippen molar-refractivity contribution in [2.45, 2.75) is 19.8 Å². The Morgan fingerprint density at radius 2 is 1.32 bits per heavy atom. The molecule has 1 N–H and O–H groups in total. The zero-order valence-corrected chi connectivity index (χ0v) is 13.1. The van der Waals surface area contributed by atoms with Gasteiger partial charge in [-0.15, -0.1) is 0 Å². The van der Waals surface area contributed by atoms with Crippen molar-refractivity contribution in [3.05, 3.63) is 84.4 Å². The first-order chi connectivity index (χ1) is 10.7. The quantitative estimate of drug-likeness (QED) is 0.600. The van der Waals surface area contributed by atoms with E-state index in [0.29, 0.717) is 5.92 Å². The molecule has 110 valence electrons. The summed E-state index contributed by atoms with van der Waals surface area (Å²) in [5, 5.41) is 3.48. The molecule has 0 spiro atoms. The minimum atomic E-state index is 0.565. The van der Waals surface area contributed by atoms with Crippen LogP contribution in [0.5, 0.6) is 0 Å². The Bertz CT molecular complexity index is 727. The van der Waals surface area contributed by atoms with Gasteiger partial charge in [0.1, 0.15) is 0 Å². The number of anilines is 2. The third kappa shape index (κ3) is 3.37. The van der Waals surface area contributed by atoms with E-state index in [1.54, 1.807) is 0 Å². The van der Waals surface area contributed by atoms with Gasteiger partial charge in [0.05, 0.1) is 0 Å². The van der Waals surface area contributed by atoms with E-state index in [1.807, 2.05) is 6.07 Å². The van der Waals surface area contributed by atoms with Gasteiger partial charge in [0, 0.05) is 11.4 Å². The number of benzene rings is 3. The van der Waals surface area contributed by atoms with E-state index in [2.05, 4.69) is 92.0 Å². The molecule has 0 amide bonds.